The van der Waals surface area contributed by atoms with Crippen molar-refractivity contribution in [2.45, 2.75) is 23.1 Å². The Labute approximate surface area is 202 Å². The molecule has 1 aliphatic rings. The van der Waals surface area contributed by atoms with E-state index in [-0.39, 0.29) is 42.4 Å². The third-order valence-electron chi connectivity index (χ3n) is 5.57. The second-order valence-corrected chi connectivity index (χ2v) is 9.02. The Balaban J connectivity index is 1.53. The first kappa shape index (κ1) is 23.6. The molecule has 0 spiro atoms. The lowest BCUT2D eigenvalue weighted by Crippen LogP contribution is -2.40. The molecule has 2 amide bonds. The lowest BCUT2D eigenvalue weighted by atomic mass is 10.1. The fourth-order valence-electron chi connectivity index (χ4n) is 3.79. The maximum atomic E-state index is 13.3. The number of rotatable bonds is 7. The number of fused-ring (bicyclic) bond motifs is 1. The average Bonchev–Trinajstić information content (AvgIpc) is 2.99. The number of anilines is 1. The van der Waals surface area contributed by atoms with Crippen LogP contribution in [-0.4, -0.2) is 32.6 Å². The second kappa shape index (κ2) is 10.6. The summed E-state index contributed by atoms with van der Waals surface area (Å²) in [5.74, 6) is 0.457. The van der Waals surface area contributed by atoms with Crippen LogP contribution in [0.1, 0.15) is 22.8 Å². The Morgan fingerprint density at radius 3 is 2.53 bits per heavy atom. The van der Waals surface area contributed by atoms with Crippen molar-refractivity contribution in [2.24, 2.45) is 0 Å². The van der Waals surface area contributed by atoms with Crippen molar-refractivity contribution >= 4 is 29.3 Å². The van der Waals surface area contributed by atoms with Gasteiger partial charge in [-0.2, -0.15) is 0 Å². The van der Waals surface area contributed by atoms with Gasteiger partial charge in [-0.15, -0.1) is 11.8 Å². The molecule has 0 saturated heterocycles. The number of benzene rings is 3. The summed E-state index contributed by atoms with van der Waals surface area (Å²) in [4.78, 5) is 28.5. The van der Waals surface area contributed by atoms with Crippen LogP contribution in [0.4, 0.5) is 10.1 Å². The van der Waals surface area contributed by atoms with E-state index in [1.165, 1.54) is 17.0 Å². The number of thioether (sulfide) groups is 1. The van der Waals surface area contributed by atoms with Crippen molar-refractivity contribution in [3.8, 4) is 11.5 Å². The van der Waals surface area contributed by atoms with Gasteiger partial charge in [-0.05, 0) is 47.5 Å². The highest BCUT2D eigenvalue weighted by Gasteiger charge is 2.30. The number of halogens is 1. The molecular weight excluding hydrogens is 455 g/mol. The number of para-hydroxylation sites is 1. The SMILES string of the molecule is COc1ccc(C2CC(=O)N(CC(=O)NCc3ccc(F)cc3)c3ccccc3S2)cc1OC. The molecule has 0 fully saturated rings. The number of hydrogen-bond donors (Lipinski definition) is 1. The maximum Gasteiger partial charge on any atom is 0.240 e. The van der Waals surface area contributed by atoms with E-state index in [0.29, 0.717) is 17.2 Å². The second-order valence-electron chi connectivity index (χ2n) is 7.78. The summed E-state index contributed by atoms with van der Waals surface area (Å²) in [5.41, 5.74) is 2.42. The first-order valence-electron chi connectivity index (χ1n) is 10.8. The van der Waals surface area contributed by atoms with Crippen LogP contribution in [0.3, 0.4) is 0 Å². The van der Waals surface area contributed by atoms with E-state index in [1.807, 2.05) is 42.5 Å². The van der Waals surface area contributed by atoms with Crippen molar-refractivity contribution < 1.29 is 23.5 Å². The number of ether oxygens (including phenoxy) is 2. The molecule has 8 heteroatoms. The van der Waals surface area contributed by atoms with Gasteiger partial charge in [0, 0.05) is 23.1 Å². The summed E-state index contributed by atoms with van der Waals surface area (Å²) < 4.78 is 23.9. The fourth-order valence-corrected chi connectivity index (χ4v) is 5.06. The van der Waals surface area contributed by atoms with E-state index < -0.39 is 0 Å². The molecule has 176 valence electrons. The van der Waals surface area contributed by atoms with E-state index in [4.69, 9.17) is 9.47 Å². The minimum atomic E-state index is -0.330. The van der Waals surface area contributed by atoms with Gasteiger partial charge in [-0.25, -0.2) is 4.39 Å². The Hall–Kier alpha value is -3.52. The number of hydrogen-bond acceptors (Lipinski definition) is 5. The predicted molar refractivity (Wildman–Crippen MR) is 130 cm³/mol. The molecule has 0 aromatic heterocycles. The molecule has 4 rings (SSSR count). The van der Waals surface area contributed by atoms with Gasteiger partial charge < -0.3 is 19.7 Å². The topological polar surface area (TPSA) is 67.9 Å². The summed E-state index contributed by atoms with van der Waals surface area (Å²) in [6.45, 7) is 0.155. The monoisotopic (exact) mass is 480 g/mol. The molecule has 1 atom stereocenters. The van der Waals surface area contributed by atoms with Crippen LogP contribution < -0.4 is 19.7 Å². The van der Waals surface area contributed by atoms with Crippen LogP contribution in [0.5, 0.6) is 11.5 Å². The third-order valence-corrected chi connectivity index (χ3v) is 6.89. The summed E-state index contributed by atoms with van der Waals surface area (Å²) in [5, 5.41) is 2.66. The lowest BCUT2D eigenvalue weighted by Gasteiger charge is -2.22. The first-order chi connectivity index (χ1) is 16.5. The van der Waals surface area contributed by atoms with Gasteiger partial charge in [-0.3, -0.25) is 9.59 Å². The Bertz CT molecular complexity index is 1190. The van der Waals surface area contributed by atoms with Crippen LogP contribution in [-0.2, 0) is 16.1 Å². The van der Waals surface area contributed by atoms with Crippen LogP contribution in [0.15, 0.2) is 71.6 Å². The summed E-state index contributed by atoms with van der Waals surface area (Å²) in [6, 6.07) is 19.2. The van der Waals surface area contributed by atoms with Crippen molar-refractivity contribution in [3.63, 3.8) is 0 Å². The molecule has 0 saturated carbocycles. The van der Waals surface area contributed by atoms with Gasteiger partial charge in [-0.1, -0.05) is 30.3 Å². The molecular formula is C26H25FN2O4S. The Kier molecular flexibility index (Phi) is 7.37. The van der Waals surface area contributed by atoms with Crippen molar-refractivity contribution in [1.29, 1.82) is 0 Å². The van der Waals surface area contributed by atoms with Gasteiger partial charge >= 0.3 is 0 Å². The zero-order valence-electron chi connectivity index (χ0n) is 18.9. The zero-order chi connectivity index (χ0) is 24.1. The maximum absolute atomic E-state index is 13.3. The minimum Gasteiger partial charge on any atom is -0.493 e. The minimum absolute atomic E-state index is 0.101. The largest absolute Gasteiger partial charge is 0.493 e. The molecule has 3 aromatic rings. The van der Waals surface area contributed by atoms with E-state index in [0.717, 1.165) is 16.0 Å². The first-order valence-corrected chi connectivity index (χ1v) is 11.7. The third kappa shape index (κ3) is 5.34. The highest BCUT2D eigenvalue weighted by atomic mass is 32.2. The zero-order valence-corrected chi connectivity index (χ0v) is 19.7. The van der Waals surface area contributed by atoms with Crippen LogP contribution in [0.2, 0.25) is 0 Å². The van der Waals surface area contributed by atoms with E-state index in [2.05, 4.69) is 5.32 Å². The van der Waals surface area contributed by atoms with Gasteiger partial charge in [0.15, 0.2) is 11.5 Å². The number of nitrogens with one attached hydrogen (secondary N) is 1. The number of methoxy groups -OCH3 is 2. The quantitative estimate of drug-likeness (QED) is 0.530. The number of amides is 2. The molecule has 6 nitrogen and oxygen atoms in total. The number of carbonyl (C=O) groups excluding carboxylic acids is 2. The predicted octanol–water partition coefficient (Wildman–Crippen LogP) is 4.73. The van der Waals surface area contributed by atoms with Crippen LogP contribution >= 0.6 is 11.8 Å². The van der Waals surface area contributed by atoms with Crippen LogP contribution in [0.25, 0.3) is 0 Å². The van der Waals surface area contributed by atoms with E-state index in [1.54, 1.807) is 38.1 Å². The normalized spacial score (nSPS) is 15.3. The molecule has 1 heterocycles. The molecule has 3 aromatic carbocycles. The van der Waals surface area contributed by atoms with Gasteiger partial charge in [0.05, 0.1) is 19.9 Å². The van der Waals surface area contributed by atoms with Gasteiger partial charge in [0.1, 0.15) is 12.4 Å². The molecule has 1 unspecified atom stereocenters. The van der Waals surface area contributed by atoms with E-state index >= 15 is 0 Å². The molecule has 0 bridgehead atoms. The van der Waals surface area contributed by atoms with Gasteiger partial charge in [0.2, 0.25) is 11.8 Å². The summed E-state index contributed by atoms with van der Waals surface area (Å²) in [6.07, 6.45) is 0.222. The molecule has 34 heavy (non-hydrogen) atoms. The molecule has 1 aliphatic heterocycles. The van der Waals surface area contributed by atoms with Crippen LogP contribution in [0, 0.1) is 5.82 Å². The highest BCUT2D eigenvalue weighted by molar-refractivity contribution is 7.99. The highest BCUT2D eigenvalue weighted by Crippen LogP contribution is 2.46. The summed E-state index contributed by atoms with van der Waals surface area (Å²) >= 11 is 1.58. The molecule has 1 N–H and O–H groups in total. The molecule has 0 radical (unpaired) electrons. The standard InChI is InChI=1S/C26H25FN2O4S/c1-32-21-12-9-18(13-22(21)33-2)24-14-26(31)29(20-5-3-4-6-23(20)34-24)16-25(30)28-15-17-7-10-19(27)11-8-17/h3-13,24H,14-16H2,1-2H3,(H,28,30). The summed E-state index contributed by atoms with van der Waals surface area (Å²) in [7, 11) is 3.16. The van der Waals surface area contributed by atoms with E-state index in [9.17, 15) is 14.0 Å². The Morgan fingerprint density at radius 2 is 1.79 bits per heavy atom. The lowest BCUT2D eigenvalue weighted by molar-refractivity contribution is -0.124. The number of carbonyl (C=O) groups is 2. The number of nitrogens with zero attached hydrogens (tertiary/aromatic N) is 1. The average molecular weight is 481 g/mol. The van der Waals surface area contributed by atoms with Gasteiger partial charge in [0.25, 0.3) is 0 Å². The van der Waals surface area contributed by atoms with Crippen molar-refractivity contribution in [3.05, 3.63) is 83.7 Å². The van der Waals surface area contributed by atoms with Crippen molar-refractivity contribution in [1.82, 2.24) is 5.32 Å². The Morgan fingerprint density at radius 1 is 1.06 bits per heavy atom. The van der Waals surface area contributed by atoms with Crippen molar-refractivity contribution in [2.75, 3.05) is 25.7 Å². The smallest absolute Gasteiger partial charge is 0.240 e. The fraction of sp³-hybridized carbons (Fsp3) is 0.231. The molecule has 0 aliphatic carbocycles.